The third kappa shape index (κ3) is 0.728. The second-order valence-electron chi connectivity index (χ2n) is 5.08. The van der Waals surface area contributed by atoms with E-state index in [1.54, 1.807) is 0 Å². The van der Waals surface area contributed by atoms with Crippen LogP contribution in [0.5, 0.6) is 0 Å². The Morgan fingerprint density at radius 2 is 2.00 bits per heavy atom. The molecule has 2 heterocycles. The fourth-order valence-electron chi connectivity index (χ4n) is 3.02. The first-order valence-electron chi connectivity index (χ1n) is 5.05. The molecule has 3 fully saturated rings. The third-order valence-electron chi connectivity index (χ3n) is 4.11. The summed E-state index contributed by atoms with van der Waals surface area (Å²) in [5.74, 6) is 0. The molecule has 1 aliphatic carbocycles. The van der Waals surface area contributed by atoms with Gasteiger partial charge in [-0.15, -0.1) is 0 Å². The van der Waals surface area contributed by atoms with Gasteiger partial charge in [-0.25, -0.2) is 0 Å². The monoisotopic (exact) mass is 167 g/mol. The fraction of sp³-hybridized carbons (Fsp3) is 1.00. The normalized spacial score (nSPS) is 42.0. The zero-order valence-electron chi connectivity index (χ0n) is 7.97. The molecule has 2 nitrogen and oxygen atoms in total. The van der Waals surface area contributed by atoms with Gasteiger partial charge in [0.25, 0.3) is 0 Å². The van der Waals surface area contributed by atoms with E-state index in [1.165, 1.54) is 25.8 Å². The Morgan fingerprint density at radius 1 is 1.25 bits per heavy atom. The Kier molecular flexibility index (Phi) is 1.15. The van der Waals surface area contributed by atoms with Crippen molar-refractivity contribution >= 4 is 0 Å². The van der Waals surface area contributed by atoms with Crippen LogP contribution in [-0.4, -0.2) is 29.8 Å². The minimum atomic E-state index is 0.0246. The van der Waals surface area contributed by atoms with Crippen LogP contribution in [0, 0.1) is 5.41 Å². The van der Waals surface area contributed by atoms with Crippen molar-refractivity contribution in [1.82, 2.24) is 4.90 Å². The maximum atomic E-state index is 5.81. The summed E-state index contributed by atoms with van der Waals surface area (Å²) in [4.78, 5) is 2.57. The highest BCUT2D eigenvalue weighted by molar-refractivity contribution is 5.11. The van der Waals surface area contributed by atoms with Crippen molar-refractivity contribution < 1.29 is 4.74 Å². The highest BCUT2D eigenvalue weighted by atomic mass is 16.5. The summed E-state index contributed by atoms with van der Waals surface area (Å²) in [6.07, 6.45) is 4.33. The molecule has 1 saturated carbocycles. The second kappa shape index (κ2) is 1.88. The minimum Gasteiger partial charge on any atom is -0.359 e. The van der Waals surface area contributed by atoms with E-state index in [-0.39, 0.29) is 5.72 Å². The van der Waals surface area contributed by atoms with Crippen LogP contribution in [0.4, 0.5) is 0 Å². The van der Waals surface area contributed by atoms with Crippen LogP contribution >= 0.6 is 0 Å². The maximum Gasteiger partial charge on any atom is 0.116 e. The first-order valence-corrected chi connectivity index (χ1v) is 5.05. The fourth-order valence-corrected chi connectivity index (χ4v) is 3.02. The summed E-state index contributed by atoms with van der Waals surface area (Å²) in [5.41, 5.74) is 0.727. The molecule has 2 saturated heterocycles. The number of rotatable bonds is 0. The summed E-state index contributed by atoms with van der Waals surface area (Å²) in [6.45, 7) is 6.65. The van der Waals surface area contributed by atoms with Crippen molar-refractivity contribution in [2.75, 3.05) is 13.2 Å². The highest BCUT2D eigenvalue weighted by Crippen LogP contribution is 2.60. The van der Waals surface area contributed by atoms with Gasteiger partial charge in [-0.2, -0.15) is 0 Å². The molecule has 12 heavy (non-hydrogen) atoms. The van der Waals surface area contributed by atoms with Gasteiger partial charge in [0, 0.05) is 12.6 Å². The number of fused-ring (bicyclic) bond motifs is 2. The molecule has 2 heteroatoms. The van der Waals surface area contributed by atoms with E-state index in [9.17, 15) is 0 Å². The van der Waals surface area contributed by atoms with Crippen molar-refractivity contribution in [2.24, 2.45) is 5.41 Å². The summed E-state index contributed by atoms with van der Waals surface area (Å²) in [5, 5.41) is 0. The van der Waals surface area contributed by atoms with Crippen molar-refractivity contribution in [2.45, 2.75) is 44.9 Å². The molecular formula is C10H17NO. The van der Waals surface area contributed by atoms with Gasteiger partial charge < -0.3 is 4.74 Å². The maximum absolute atomic E-state index is 5.81. The molecule has 0 N–H and O–H groups in total. The van der Waals surface area contributed by atoms with Crippen LogP contribution in [0.2, 0.25) is 0 Å². The quantitative estimate of drug-likeness (QED) is 0.543. The largest absolute Gasteiger partial charge is 0.359 e. The summed E-state index contributed by atoms with van der Waals surface area (Å²) < 4.78 is 5.81. The third-order valence-corrected chi connectivity index (χ3v) is 4.11. The van der Waals surface area contributed by atoms with Crippen LogP contribution in [0.15, 0.2) is 0 Å². The predicted molar refractivity (Wildman–Crippen MR) is 46.8 cm³/mol. The smallest absolute Gasteiger partial charge is 0.116 e. The zero-order valence-corrected chi connectivity index (χ0v) is 7.97. The molecule has 0 bridgehead atoms. The Bertz CT molecular complexity index is 208. The molecule has 0 radical (unpaired) electrons. The summed E-state index contributed by atoms with van der Waals surface area (Å²) >= 11 is 0. The Labute approximate surface area is 73.9 Å². The van der Waals surface area contributed by atoms with Gasteiger partial charge in [0.2, 0.25) is 0 Å². The van der Waals surface area contributed by atoms with Gasteiger partial charge in [-0.3, -0.25) is 4.90 Å². The van der Waals surface area contributed by atoms with Crippen molar-refractivity contribution in [1.29, 1.82) is 0 Å². The summed E-state index contributed by atoms with van der Waals surface area (Å²) in [7, 11) is 0. The Morgan fingerprint density at radius 3 is 2.67 bits per heavy atom. The van der Waals surface area contributed by atoms with E-state index in [1.807, 2.05) is 0 Å². The molecule has 2 aliphatic heterocycles. The van der Waals surface area contributed by atoms with Crippen molar-refractivity contribution in [3.63, 3.8) is 0 Å². The van der Waals surface area contributed by atoms with Gasteiger partial charge >= 0.3 is 0 Å². The lowest BCUT2D eigenvalue weighted by atomic mass is 9.98. The van der Waals surface area contributed by atoms with E-state index in [4.69, 9.17) is 4.74 Å². The van der Waals surface area contributed by atoms with Gasteiger partial charge in [0.15, 0.2) is 0 Å². The van der Waals surface area contributed by atoms with Crippen LogP contribution in [-0.2, 0) is 4.74 Å². The molecule has 3 aliphatic rings. The lowest BCUT2D eigenvalue weighted by Gasteiger charge is -2.29. The molecule has 1 spiro atoms. The highest BCUT2D eigenvalue weighted by Gasteiger charge is 2.61. The minimum absolute atomic E-state index is 0.0246. The van der Waals surface area contributed by atoms with E-state index in [0.29, 0.717) is 5.41 Å². The molecule has 0 amide bonds. The van der Waals surface area contributed by atoms with Crippen LogP contribution in [0.3, 0.4) is 0 Å². The SMILES string of the molecule is CC1(C)OCC2N1CCC21CC1. The molecular weight excluding hydrogens is 150 g/mol. The average molecular weight is 167 g/mol. The average Bonchev–Trinajstić information content (AvgIpc) is 2.55. The lowest BCUT2D eigenvalue weighted by Crippen LogP contribution is -2.41. The van der Waals surface area contributed by atoms with E-state index >= 15 is 0 Å². The predicted octanol–water partition coefficient (Wildman–Crippen LogP) is 1.61. The van der Waals surface area contributed by atoms with Gasteiger partial charge in [0.1, 0.15) is 5.72 Å². The van der Waals surface area contributed by atoms with Crippen LogP contribution < -0.4 is 0 Å². The first kappa shape index (κ1) is 7.34. The van der Waals surface area contributed by atoms with Gasteiger partial charge in [-0.1, -0.05) is 0 Å². The summed E-state index contributed by atoms with van der Waals surface area (Å²) in [6, 6.07) is 0.757. The first-order chi connectivity index (χ1) is 5.64. The number of ether oxygens (including phenoxy) is 1. The molecule has 1 unspecified atom stereocenters. The van der Waals surface area contributed by atoms with Gasteiger partial charge in [0.05, 0.1) is 6.61 Å². The molecule has 0 aromatic heterocycles. The van der Waals surface area contributed by atoms with Crippen LogP contribution in [0.1, 0.15) is 33.1 Å². The molecule has 0 aromatic rings. The topological polar surface area (TPSA) is 12.5 Å². The van der Waals surface area contributed by atoms with Crippen molar-refractivity contribution in [3.05, 3.63) is 0 Å². The Hall–Kier alpha value is -0.0800. The lowest BCUT2D eigenvalue weighted by molar-refractivity contribution is -0.0478. The number of hydrogen-bond donors (Lipinski definition) is 0. The molecule has 3 rings (SSSR count). The molecule has 0 aromatic carbocycles. The second-order valence-corrected chi connectivity index (χ2v) is 5.08. The van der Waals surface area contributed by atoms with E-state index in [0.717, 1.165) is 12.6 Å². The zero-order chi connectivity index (χ0) is 8.40. The van der Waals surface area contributed by atoms with Gasteiger partial charge in [-0.05, 0) is 38.5 Å². The number of hydrogen-bond acceptors (Lipinski definition) is 2. The van der Waals surface area contributed by atoms with Crippen LogP contribution in [0.25, 0.3) is 0 Å². The van der Waals surface area contributed by atoms with Crippen molar-refractivity contribution in [3.8, 4) is 0 Å². The standard InChI is InChI=1S/C10H17NO/c1-9(2)11-6-5-10(3-4-10)8(11)7-12-9/h8H,3-7H2,1-2H3. The number of nitrogens with zero attached hydrogens (tertiary/aromatic N) is 1. The molecule has 1 atom stereocenters. The van der Waals surface area contributed by atoms with E-state index in [2.05, 4.69) is 18.7 Å². The van der Waals surface area contributed by atoms with E-state index < -0.39 is 0 Å². The molecule has 68 valence electrons. The Balaban J connectivity index is 1.91.